The zero-order valence-electron chi connectivity index (χ0n) is 26.7. The van der Waals surface area contributed by atoms with Crippen molar-refractivity contribution in [2.45, 2.75) is 56.1 Å². The van der Waals surface area contributed by atoms with E-state index in [0.29, 0.717) is 47.6 Å². The lowest BCUT2D eigenvalue weighted by molar-refractivity contribution is -0.167. The third-order valence-electron chi connectivity index (χ3n) is 9.86. The monoisotopic (exact) mass is 628 g/mol. The highest BCUT2D eigenvalue weighted by Gasteiger charge is 2.76. The van der Waals surface area contributed by atoms with Crippen LogP contribution in [0.15, 0.2) is 78.4 Å². The number of aliphatic hydroxyl groups is 2. The number of benzene rings is 3. The maximum Gasteiger partial charge on any atom is 0.248 e. The van der Waals surface area contributed by atoms with Gasteiger partial charge in [-0.25, -0.2) is 0 Å². The summed E-state index contributed by atoms with van der Waals surface area (Å²) in [4.78, 5) is 29.7. The van der Waals surface area contributed by atoms with Crippen LogP contribution in [-0.4, -0.2) is 67.1 Å². The normalized spacial score (nSPS) is 28.2. The summed E-state index contributed by atoms with van der Waals surface area (Å²) in [5.41, 5.74) is -1.88. The number of ether oxygens (including phenoxy) is 4. The van der Waals surface area contributed by atoms with Crippen molar-refractivity contribution in [1.29, 1.82) is 0 Å². The first kappa shape index (κ1) is 31.4. The predicted molar refractivity (Wildman–Crippen MR) is 170 cm³/mol. The fourth-order valence-electron chi connectivity index (χ4n) is 7.52. The van der Waals surface area contributed by atoms with Gasteiger partial charge in [-0.2, -0.15) is 0 Å². The first-order chi connectivity index (χ1) is 22.1. The van der Waals surface area contributed by atoms with Crippen LogP contribution in [0, 0.1) is 5.92 Å². The molecule has 0 unspecified atom stereocenters. The van der Waals surface area contributed by atoms with Gasteiger partial charge in [0.15, 0.2) is 5.60 Å². The summed E-state index contributed by atoms with van der Waals surface area (Å²) in [5, 5.41) is 28.7. The Bertz CT molecular complexity index is 1660. The highest BCUT2D eigenvalue weighted by Crippen LogP contribution is 2.68. The number of fused-ring (bicyclic) bond motifs is 4. The van der Waals surface area contributed by atoms with Crippen molar-refractivity contribution in [2.24, 2.45) is 5.92 Å². The fraction of sp³-hybridized carbons (Fsp3) is 0.389. The molecule has 2 amide bonds. The van der Waals surface area contributed by atoms with Gasteiger partial charge in [0.2, 0.25) is 11.8 Å². The van der Waals surface area contributed by atoms with Crippen LogP contribution in [0.2, 0.25) is 0 Å². The molecule has 2 bridgehead atoms. The van der Waals surface area contributed by atoms with Gasteiger partial charge in [0.05, 0.1) is 32.8 Å². The molecule has 10 nitrogen and oxygen atoms in total. The highest BCUT2D eigenvalue weighted by molar-refractivity contribution is 5.93. The number of aliphatic hydroxyl groups excluding tert-OH is 1. The van der Waals surface area contributed by atoms with Crippen LogP contribution < -0.4 is 24.3 Å². The van der Waals surface area contributed by atoms with Crippen LogP contribution >= 0.6 is 0 Å². The highest BCUT2D eigenvalue weighted by atomic mass is 16.5. The molecule has 0 radical (unpaired) electrons. The summed E-state index contributed by atoms with van der Waals surface area (Å²) in [5.74, 6) is -1.37. The molecule has 2 fully saturated rings. The summed E-state index contributed by atoms with van der Waals surface area (Å²) in [7, 11) is 4.52. The molecule has 46 heavy (non-hydrogen) atoms. The van der Waals surface area contributed by atoms with E-state index in [9.17, 15) is 15.0 Å². The van der Waals surface area contributed by atoms with Crippen molar-refractivity contribution < 1.29 is 38.7 Å². The molecule has 3 aromatic carbocycles. The average Bonchev–Trinajstić information content (AvgIpc) is 3.59. The quantitative estimate of drug-likeness (QED) is 0.320. The molecule has 3 aromatic rings. The molecule has 242 valence electrons. The van der Waals surface area contributed by atoms with Crippen LogP contribution in [0.4, 0.5) is 0 Å². The van der Waals surface area contributed by atoms with Crippen LogP contribution in [0.25, 0.3) is 0 Å². The molecule has 1 aliphatic carbocycles. The van der Waals surface area contributed by atoms with Gasteiger partial charge >= 0.3 is 0 Å². The third kappa shape index (κ3) is 4.62. The third-order valence-corrected chi connectivity index (χ3v) is 9.86. The minimum absolute atomic E-state index is 0.161. The molecule has 2 aliphatic heterocycles. The number of hydrogen-bond donors (Lipinski definition) is 3. The Balaban J connectivity index is 1.61. The predicted octanol–water partition coefficient (Wildman–Crippen LogP) is 3.99. The zero-order valence-corrected chi connectivity index (χ0v) is 26.7. The van der Waals surface area contributed by atoms with Gasteiger partial charge in [-0.1, -0.05) is 48.5 Å². The van der Waals surface area contributed by atoms with Crippen molar-refractivity contribution in [1.82, 2.24) is 10.2 Å². The molecule has 3 N–H and O–H groups in total. The molecule has 6 atom stereocenters. The number of likely N-dealkylation sites (tertiary alicyclic amines) is 1. The largest absolute Gasteiger partial charge is 0.497 e. The van der Waals surface area contributed by atoms with Crippen molar-refractivity contribution in [2.75, 3.05) is 27.9 Å². The lowest BCUT2D eigenvalue weighted by Crippen LogP contribution is -2.56. The molecule has 10 heteroatoms. The Labute approximate surface area is 268 Å². The molecular formula is C36H40N2O8. The van der Waals surface area contributed by atoms with Crippen molar-refractivity contribution in [3.05, 3.63) is 95.1 Å². The number of amides is 2. The van der Waals surface area contributed by atoms with Crippen LogP contribution in [0.3, 0.4) is 0 Å². The van der Waals surface area contributed by atoms with E-state index >= 15 is 4.79 Å². The van der Waals surface area contributed by atoms with Crippen LogP contribution in [-0.2, 0) is 20.8 Å². The first-order valence-electron chi connectivity index (χ1n) is 15.4. The molecule has 0 aromatic heterocycles. The van der Waals surface area contributed by atoms with Gasteiger partial charge in [0.25, 0.3) is 0 Å². The van der Waals surface area contributed by atoms with Gasteiger partial charge in [0, 0.05) is 30.2 Å². The number of nitrogens with one attached hydrogen (secondary N) is 1. The first-order valence-corrected chi connectivity index (χ1v) is 15.4. The molecule has 1 saturated heterocycles. The SMILES string of the molecule is C/C=C(\C)C(=O)N[C@H]1CCCN1C(=O)[C@@H]1[C@@H](c2ccccc2)[C@]2(c3ccc(OC)cc3)Oc3cc(OC)cc(OC)c3[C@@]1(O)[C@@H]2O. The Kier molecular flexibility index (Phi) is 8.20. The molecule has 1 saturated carbocycles. The van der Waals surface area contributed by atoms with E-state index in [1.54, 1.807) is 68.3 Å². The number of rotatable bonds is 8. The van der Waals surface area contributed by atoms with Crippen molar-refractivity contribution in [3.8, 4) is 23.0 Å². The van der Waals surface area contributed by atoms with E-state index in [1.165, 1.54) is 14.2 Å². The summed E-state index contributed by atoms with van der Waals surface area (Å²) in [6.45, 7) is 3.87. The van der Waals surface area contributed by atoms with Crippen molar-refractivity contribution >= 4 is 11.8 Å². The molecular weight excluding hydrogens is 588 g/mol. The summed E-state index contributed by atoms with van der Waals surface area (Å²) >= 11 is 0. The van der Waals surface area contributed by atoms with E-state index in [4.69, 9.17) is 18.9 Å². The fourth-order valence-corrected chi connectivity index (χ4v) is 7.52. The Morgan fingerprint density at radius 1 is 1.00 bits per heavy atom. The van der Waals surface area contributed by atoms with E-state index in [2.05, 4.69) is 5.32 Å². The maximum absolute atomic E-state index is 15.1. The second-order valence-electron chi connectivity index (χ2n) is 12.1. The van der Waals surface area contributed by atoms with Crippen LogP contribution in [0.1, 0.15) is 49.3 Å². The standard InChI is InChI=1S/C36H40N2O8/c1-6-21(2)32(39)37-28-13-10-18-38(28)33(40)31-29(22-11-8-7-9-12-22)36(23-14-16-24(43-3)17-15-23)34(41)35(31,42)30-26(45-5)19-25(44-4)20-27(30)46-36/h6-9,11-12,14-17,19-20,28-29,31,34,41-42H,10,13,18H2,1-5H3,(H,37,39)/b21-6+/t28-,29-,31+,34+,35+,36+/m1/s1. The molecule has 6 rings (SSSR count). The van der Waals surface area contributed by atoms with Gasteiger partial charge in [0.1, 0.15) is 40.9 Å². The van der Waals surface area contributed by atoms with Gasteiger partial charge in [-0.05, 0) is 49.9 Å². The topological polar surface area (TPSA) is 127 Å². The number of nitrogens with zero attached hydrogens (tertiary/aromatic N) is 1. The minimum atomic E-state index is -2.18. The molecule has 2 heterocycles. The summed E-state index contributed by atoms with van der Waals surface area (Å²) in [6, 6.07) is 19.6. The number of carbonyl (C=O) groups is 2. The van der Waals surface area contributed by atoms with E-state index < -0.39 is 41.2 Å². The van der Waals surface area contributed by atoms with Crippen molar-refractivity contribution in [3.63, 3.8) is 0 Å². The Morgan fingerprint density at radius 2 is 1.70 bits per heavy atom. The van der Waals surface area contributed by atoms with Gasteiger partial charge < -0.3 is 39.4 Å². The Hall–Kier alpha value is -4.54. The smallest absolute Gasteiger partial charge is 0.248 e. The lowest BCUT2D eigenvalue weighted by atomic mass is 9.75. The zero-order chi connectivity index (χ0) is 32.8. The van der Waals surface area contributed by atoms with Gasteiger partial charge in [-0.3, -0.25) is 9.59 Å². The average molecular weight is 629 g/mol. The van der Waals surface area contributed by atoms with E-state index in [0.717, 1.165) is 0 Å². The van der Waals surface area contributed by atoms with Crippen LogP contribution in [0.5, 0.6) is 23.0 Å². The lowest BCUT2D eigenvalue weighted by Gasteiger charge is -2.45. The molecule has 0 spiro atoms. The summed E-state index contributed by atoms with van der Waals surface area (Å²) < 4.78 is 23.6. The Morgan fingerprint density at radius 3 is 2.33 bits per heavy atom. The number of methoxy groups -OCH3 is 3. The summed E-state index contributed by atoms with van der Waals surface area (Å²) in [6.07, 6.45) is 0.710. The number of allylic oxidation sites excluding steroid dienone is 1. The van der Waals surface area contributed by atoms with Gasteiger partial charge in [-0.15, -0.1) is 0 Å². The minimum Gasteiger partial charge on any atom is -0.497 e. The molecule has 3 aliphatic rings. The van der Waals surface area contributed by atoms with E-state index in [-0.39, 0.29) is 23.0 Å². The second kappa shape index (κ2) is 12.0. The number of hydrogen-bond acceptors (Lipinski definition) is 8. The second-order valence-corrected chi connectivity index (χ2v) is 12.1. The van der Waals surface area contributed by atoms with E-state index in [1.807, 2.05) is 30.3 Å². The number of carbonyl (C=O) groups excluding carboxylic acids is 2. The maximum atomic E-state index is 15.1.